The highest BCUT2D eigenvalue weighted by Gasteiger charge is 2.26. The highest BCUT2D eigenvalue weighted by Crippen LogP contribution is 2.40. The van der Waals surface area contributed by atoms with Crippen molar-refractivity contribution in [2.75, 3.05) is 5.32 Å². The minimum Gasteiger partial charge on any atom is -0.448 e. The lowest BCUT2D eigenvalue weighted by molar-refractivity contribution is 0.225. The molecule has 172 valence electrons. The largest absolute Gasteiger partial charge is 0.448 e. The van der Waals surface area contributed by atoms with Crippen LogP contribution in [0.1, 0.15) is 49.3 Å². The molecule has 1 aliphatic heterocycles. The number of nitrogens with one attached hydrogen (secondary N) is 1. The molecular formula is C28H28N4OS. The monoisotopic (exact) mass is 468 g/mol. The van der Waals surface area contributed by atoms with Gasteiger partial charge in [0.25, 0.3) is 0 Å². The second kappa shape index (κ2) is 9.11. The third kappa shape index (κ3) is 4.77. The van der Waals surface area contributed by atoms with Crippen molar-refractivity contribution in [3.8, 4) is 17.1 Å². The topological polar surface area (TPSA) is 59.9 Å². The van der Waals surface area contributed by atoms with Crippen LogP contribution in [-0.4, -0.2) is 15.2 Å². The van der Waals surface area contributed by atoms with E-state index >= 15 is 0 Å². The number of hydrogen-bond acceptors (Lipinski definition) is 6. The van der Waals surface area contributed by atoms with Gasteiger partial charge in [0.15, 0.2) is 11.9 Å². The molecule has 0 saturated carbocycles. The Morgan fingerprint density at radius 2 is 1.65 bits per heavy atom. The van der Waals surface area contributed by atoms with Crippen LogP contribution in [0.4, 0.5) is 5.69 Å². The summed E-state index contributed by atoms with van der Waals surface area (Å²) in [5.74, 6) is 1.26. The Morgan fingerprint density at radius 3 is 2.38 bits per heavy atom. The van der Waals surface area contributed by atoms with Gasteiger partial charge in [0.2, 0.25) is 11.0 Å². The normalized spacial score (nSPS) is 14.9. The SMILES string of the molecule is Cc1ccc(CSc2nnc3c(n2)O[C@@H](c2ccc(C(C)(C)C)cc2)Nc2ccccc2-3)cc1. The number of benzene rings is 3. The molecule has 0 saturated heterocycles. The summed E-state index contributed by atoms with van der Waals surface area (Å²) in [6, 6.07) is 25.1. The summed E-state index contributed by atoms with van der Waals surface area (Å²) in [7, 11) is 0. The van der Waals surface area contributed by atoms with Crippen LogP contribution in [0.15, 0.2) is 78.0 Å². The van der Waals surface area contributed by atoms with E-state index in [1.54, 1.807) is 11.8 Å². The Hall–Kier alpha value is -3.38. The molecule has 5 nitrogen and oxygen atoms in total. The molecule has 1 aromatic heterocycles. The van der Waals surface area contributed by atoms with E-state index in [0.29, 0.717) is 16.7 Å². The summed E-state index contributed by atoms with van der Waals surface area (Å²) < 4.78 is 6.42. The van der Waals surface area contributed by atoms with E-state index in [2.05, 4.69) is 91.7 Å². The maximum Gasteiger partial charge on any atom is 0.247 e. The average molecular weight is 469 g/mol. The third-order valence-corrected chi connectivity index (χ3v) is 6.81. The predicted molar refractivity (Wildman–Crippen MR) is 138 cm³/mol. The van der Waals surface area contributed by atoms with Crippen molar-refractivity contribution >= 4 is 17.4 Å². The van der Waals surface area contributed by atoms with Gasteiger partial charge in [-0.05, 0) is 29.5 Å². The molecule has 0 spiro atoms. The smallest absolute Gasteiger partial charge is 0.247 e. The molecule has 1 atom stereocenters. The molecule has 2 heterocycles. The fourth-order valence-corrected chi connectivity index (χ4v) is 4.58. The predicted octanol–water partition coefficient (Wildman–Crippen LogP) is 6.94. The van der Waals surface area contributed by atoms with Crippen LogP contribution in [0.25, 0.3) is 11.3 Å². The number of hydrogen-bond donors (Lipinski definition) is 1. The van der Waals surface area contributed by atoms with Crippen LogP contribution < -0.4 is 10.1 Å². The summed E-state index contributed by atoms with van der Waals surface area (Å²) in [6.07, 6.45) is -0.386. The van der Waals surface area contributed by atoms with Crippen LogP contribution in [0.3, 0.4) is 0 Å². The molecule has 0 aliphatic carbocycles. The zero-order valence-corrected chi connectivity index (χ0v) is 20.7. The Labute approximate surface area is 205 Å². The average Bonchev–Trinajstić information content (AvgIpc) is 3.00. The number of aromatic nitrogens is 3. The summed E-state index contributed by atoms with van der Waals surface area (Å²) in [5, 5.41) is 13.0. The van der Waals surface area contributed by atoms with Crippen LogP contribution >= 0.6 is 11.8 Å². The maximum atomic E-state index is 6.42. The minimum absolute atomic E-state index is 0.0934. The van der Waals surface area contributed by atoms with E-state index in [1.807, 2.05) is 24.3 Å². The first-order chi connectivity index (χ1) is 16.4. The molecule has 0 fully saturated rings. The summed E-state index contributed by atoms with van der Waals surface area (Å²) in [6.45, 7) is 8.74. The molecule has 6 heteroatoms. The van der Waals surface area contributed by atoms with Crippen molar-refractivity contribution in [3.63, 3.8) is 0 Å². The number of nitrogens with zero attached hydrogens (tertiary/aromatic N) is 3. The summed E-state index contributed by atoms with van der Waals surface area (Å²) >= 11 is 1.56. The molecule has 0 unspecified atom stereocenters. The van der Waals surface area contributed by atoms with E-state index in [9.17, 15) is 0 Å². The Morgan fingerprint density at radius 1 is 0.912 bits per heavy atom. The van der Waals surface area contributed by atoms with Crippen molar-refractivity contribution in [3.05, 3.63) is 95.1 Å². The molecule has 34 heavy (non-hydrogen) atoms. The van der Waals surface area contributed by atoms with E-state index in [1.165, 1.54) is 16.7 Å². The van der Waals surface area contributed by atoms with Gasteiger partial charge in [-0.15, -0.1) is 10.2 Å². The Balaban J connectivity index is 1.46. The first-order valence-corrected chi connectivity index (χ1v) is 12.4. The fourth-order valence-electron chi connectivity index (χ4n) is 3.85. The van der Waals surface area contributed by atoms with E-state index in [4.69, 9.17) is 9.72 Å². The van der Waals surface area contributed by atoms with Crippen molar-refractivity contribution in [2.45, 2.75) is 50.2 Å². The van der Waals surface area contributed by atoms with Gasteiger partial charge in [0.1, 0.15) is 0 Å². The lowest BCUT2D eigenvalue weighted by Gasteiger charge is -2.22. The Bertz CT molecular complexity index is 1300. The maximum absolute atomic E-state index is 6.42. The van der Waals surface area contributed by atoms with Gasteiger partial charge in [0, 0.05) is 22.6 Å². The first-order valence-electron chi connectivity index (χ1n) is 11.4. The number of rotatable bonds is 4. The molecule has 0 amide bonds. The van der Waals surface area contributed by atoms with E-state index in [0.717, 1.165) is 22.6 Å². The molecule has 0 radical (unpaired) electrons. The second-order valence-corrected chi connectivity index (χ2v) is 10.5. The van der Waals surface area contributed by atoms with Gasteiger partial charge < -0.3 is 10.1 Å². The van der Waals surface area contributed by atoms with Gasteiger partial charge in [0.05, 0.1) is 0 Å². The number of fused-ring (bicyclic) bond motifs is 3. The van der Waals surface area contributed by atoms with E-state index < -0.39 is 0 Å². The van der Waals surface area contributed by atoms with Crippen LogP contribution in [-0.2, 0) is 11.2 Å². The van der Waals surface area contributed by atoms with Gasteiger partial charge in [-0.2, -0.15) is 4.98 Å². The van der Waals surface area contributed by atoms with Crippen LogP contribution in [0.5, 0.6) is 5.88 Å². The minimum atomic E-state index is -0.386. The molecule has 1 N–H and O–H groups in total. The van der Waals surface area contributed by atoms with Crippen molar-refractivity contribution in [2.24, 2.45) is 0 Å². The van der Waals surface area contributed by atoms with Gasteiger partial charge in [-0.1, -0.05) is 105 Å². The summed E-state index contributed by atoms with van der Waals surface area (Å²) in [5.41, 5.74) is 7.40. The summed E-state index contributed by atoms with van der Waals surface area (Å²) in [4.78, 5) is 4.76. The standard InChI is InChI=1S/C28H28N4OS/c1-18-9-11-19(12-10-18)17-34-27-30-26-24(31-32-27)22-7-5-6-8-23(22)29-25(33-26)20-13-15-21(16-14-20)28(2,3)4/h5-16,25,29H,17H2,1-4H3/t25-/m0/s1. The van der Waals surface area contributed by atoms with Crippen molar-refractivity contribution in [1.29, 1.82) is 0 Å². The quantitative estimate of drug-likeness (QED) is 0.327. The molecule has 1 aliphatic rings. The number of aryl methyl sites for hydroxylation is 1. The molecule has 5 rings (SSSR count). The highest BCUT2D eigenvalue weighted by molar-refractivity contribution is 7.98. The number of thioether (sulfide) groups is 1. The van der Waals surface area contributed by atoms with Crippen molar-refractivity contribution < 1.29 is 4.74 Å². The zero-order valence-electron chi connectivity index (χ0n) is 19.9. The zero-order chi connectivity index (χ0) is 23.7. The van der Waals surface area contributed by atoms with E-state index in [-0.39, 0.29) is 11.6 Å². The van der Waals surface area contributed by atoms with Crippen LogP contribution in [0, 0.1) is 6.92 Å². The lowest BCUT2D eigenvalue weighted by Crippen LogP contribution is -2.18. The van der Waals surface area contributed by atoms with Gasteiger partial charge >= 0.3 is 0 Å². The van der Waals surface area contributed by atoms with Crippen molar-refractivity contribution in [1.82, 2.24) is 15.2 Å². The number of para-hydroxylation sites is 1. The lowest BCUT2D eigenvalue weighted by atomic mass is 9.86. The fraction of sp³-hybridized carbons (Fsp3) is 0.250. The molecule has 4 aromatic rings. The molecule has 0 bridgehead atoms. The number of anilines is 1. The first kappa shape index (κ1) is 22.4. The van der Waals surface area contributed by atoms with Gasteiger partial charge in [-0.25, -0.2) is 0 Å². The number of ether oxygens (including phenoxy) is 1. The highest BCUT2D eigenvalue weighted by atomic mass is 32.2. The van der Waals surface area contributed by atoms with Crippen LogP contribution in [0.2, 0.25) is 0 Å². The molecular weight excluding hydrogens is 440 g/mol. The Kier molecular flexibility index (Phi) is 6.00. The third-order valence-electron chi connectivity index (χ3n) is 5.90. The van der Waals surface area contributed by atoms with Gasteiger partial charge in [-0.3, -0.25) is 0 Å². The molecule has 3 aromatic carbocycles. The second-order valence-electron chi connectivity index (χ2n) is 9.58.